The van der Waals surface area contributed by atoms with Gasteiger partial charge in [0, 0.05) is 42.7 Å². The summed E-state index contributed by atoms with van der Waals surface area (Å²) in [6.45, 7) is 0.587. The molecule has 0 fully saturated rings. The fourth-order valence-corrected chi connectivity index (χ4v) is 3.34. The molecule has 1 amide bonds. The van der Waals surface area contributed by atoms with E-state index in [0.29, 0.717) is 6.54 Å². The van der Waals surface area contributed by atoms with Gasteiger partial charge in [0.2, 0.25) is 0 Å². The highest BCUT2D eigenvalue weighted by molar-refractivity contribution is 5.98. The van der Waals surface area contributed by atoms with E-state index in [9.17, 15) is 4.79 Å². The van der Waals surface area contributed by atoms with Crippen LogP contribution in [0.5, 0.6) is 0 Å². The molecule has 1 N–H and O–H groups in total. The van der Waals surface area contributed by atoms with Crippen molar-refractivity contribution in [2.45, 2.75) is 6.54 Å². The van der Waals surface area contributed by atoms with E-state index in [1.165, 1.54) is 0 Å². The SMILES string of the molecule is Cn1cc(-c2ccn3c(-c4ccc5c(c4)CNC5=O)cnc3c2)cn1. The predicted octanol–water partition coefficient (Wildman–Crippen LogP) is 2.65. The van der Waals surface area contributed by atoms with Gasteiger partial charge >= 0.3 is 0 Å². The molecular formula is C19H15N5O. The summed E-state index contributed by atoms with van der Waals surface area (Å²) in [5.41, 5.74) is 6.89. The molecule has 0 radical (unpaired) electrons. The van der Waals surface area contributed by atoms with Crippen LogP contribution in [0.4, 0.5) is 0 Å². The van der Waals surface area contributed by atoms with Crippen molar-refractivity contribution >= 4 is 11.6 Å². The van der Waals surface area contributed by atoms with Crippen molar-refractivity contribution in [2.75, 3.05) is 0 Å². The van der Waals surface area contributed by atoms with Crippen LogP contribution in [0.3, 0.4) is 0 Å². The number of carbonyl (C=O) groups is 1. The van der Waals surface area contributed by atoms with E-state index in [-0.39, 0.29) is 5.91 Å². The van der Waals surface area contributed by atoms with Gasteiger partial charge in [-0.05, 0) is 35.4 Å². The van der Waals surface area contributed by atoms with Crippen LogP contribution in [-0.2, 0) is 13.6 Å². The average Bonchev–Trinajstić information content (AvgIpc) is 3.33. The molecule has 122 valence electrons. The number of imidazole rings is 1. The van der Waals surface area contributed by atoms with Gasteiger partial charge < -0.3 is 5.32 Å². The van der Waals surface area contributed by atoms with E-state index in [0.717, 1.165) is 39.2 Å². The first kappa shape index (κ1) is 14.0. The van der Waals surface area contributed by atoms with E-state index >= 15 is 0 Å². The number of rotatable bonds is 2. The van der Waals surface area contributed by atoms with E-state index in [2.05, 4.69) is 38.0 Å². The Kier molecular flexibility index (Phi) is 2.82. The minimum absolute atomic E-state index is 0.000745. The maximum atomic E-state index is 11.7. The Morgan fingerprint density at radius 3 is 2.84 bits per heavy atom. The second-order valence-corrected chi connectivity index (χ2v) is 6.24. The quantitative estimate of drug-likeness (QED) is 0.615. The van der Waals surface area contributed by atoms with Crippen molar-refractivity contribution in [3.05, 3.63) is 66.2 Å². The first-order valence-corrected chi connectivity index (χ1v) is 8.07. The molecule has 0 saturated heterocycles. The van der Waals surface area contributed by atoms with Gasteiger partial charge in [0.1, 0.15) is 5.65 Å². The highest BCUT2D eigenvalue weighted by Crippen LogP contribution is 2.27. The van der Waals surface area contributed by atoms with Crippen molar-refractivity contribution in [2.24, 2.45) is 7.05 Å². The normalized spacial score (nSPS) is 13.2. The summed E-state index contributed by atoms with van der Waals surface area (Å²) in [6.07, 6.45) is 7.73. The number of fused-ring (bicyclic) bond motifs is 2. The van der Waals surface area contributed by atoms with Crippen LogP contribution < -0.4 is 5.32 Å². The third-order valence-corrected chi connectivity index (χ3v) is 4.64. The monoisotopic (exact) mass is 329 g/mol. The second-order valence-electron chi connectivity index (χ2n) is 6.24. The number of benzene rings is 1. The summed E-state index contributed by atoms with van der Waals surface area (Å²) in [4.78, 5) is 16.3. The first-order valence-electron chi connectivity index (χ1n) is 8.07. The highest BCUT2D eigenvalue weighted by atomic mass is 16.1. The maximum absolute atomic E-state index is 11.7. The lowest BCUT2D eigenvalue weighted by Gasteiger charge is -2.05. The van der Waals surface area contributed by atoms with E-state index in [4.69, 9.17) is 0 Å². The number of nitrogens with one attached hydrogen (secondary N) is 1. The van der Waals surface area contributed by atoms with Crippen molar-refractivity contribution in [1.82, 2.24) is 24.5 Å². The number of nitrogens with zero attached hydrogens (tertiary/aromatic N) is 4. The smallest absolute Gasteiger partial charge is 0.251 e. The molecule has 0 spiro atoms. The molecule has 0 bridgehead atoms. The molecule has 4 aromatic rings. The van der Waals surface area contributed by atoms with Crippen LogP contribution in [-0.4, -0.2) is 25.1 Å². The first-order chi connectivity index (χ1) is 12.2. The van der Waals surface area contributed by atoms with Crippen molar-refractivity contribution in [1.29, 1.82) is 0 Å². The molecule has 1 aromatic carbocycles. The summed E-state index contributed by atoms with van der Waals surface area (Å²) < 4.78 is 3.85. The Labute approximate surface area is 143 Å². The Morgan fingerprint density at radius 2 is 2.00 bits per heavy atom. The number of hydrogen-bond donors (Lipinski definition) is 1. The van der Waals surface area contributed by atoms with Crippen LogP contribution in [0, 0.1) is 0 Å². The highest BCUT2D eigenvalue weighted by Gasteiger charge is 2.19. The Balaban J connectivity index is 1.60. The van der Waals surface area contributed by atoms with Crippen molar-refractivity contribution in [3.63, 3.8) is 0 Å². The van der Waals surface area contributed by atoms with Gasteiger partial charge in [-0.25, -0.2) is 4.98 Å². The zero-order valence-electron chi connectivity index (χ0n) is 13.6. The fraction of sp³-hybridized carbons (Fsp3) is 0.105. The van der Waals surface area contributed by atoms with E-state index in [1.807, 2.05) is 44.0 Å². The van der Waals surface area contributed by atoms with E-state index < -0.39 is 0 Å². The number of aryl methyl sites for hydroxylation is 1. The topological polar surface area (TPSA) is 64.2 Å². The average molecular weight is 329 g/mol. The lowest BCUT2D eigenvalue weighted by Crippen LogP contribution is -2.12. The zero-order chi connectivity index (χ0) is 17.0. The summed E-state index contributed by atoms with van der Waals surface area (Å²) in [6, 6.07) is 10.0. The van der Waals surface area contributed by atoms with Gasteiger partial charge in [-0.2, -0.15) is 5.10 Å². The van der Waals surface area contributed by atoms with Gasteiger partial charge in [-0.1, -0.05) is 6.07 Å². The largest absolute Gasteiger partial charge is 0.348 e. The molecular weight excluding hydrogens is 314 g/mol. The molecule has 1 aliphatic rings. The lowest BCUT2D eigenvalue weighted by molar-refractivity contribution is 0.0966. The van der Waals surface area contributed by atoms with Gasteiger partial charge in [-0.15, -0.1) is 0 Å². The molecule has 3 aromatic heterocycles. The molecule has 0 saturated carbocycles. The second kappa shape index (κ2) is 5.04. The Morgan fingerprint density at radius 1 is 1.08 bits per heavy atom. The lowest BCUT2D eigenvalue weighted by atomic mass is 10.0. The number of carbonyl (C=O) groups excluding carboxylic acids is 1. The molecule has 1 aliphatic heterocycles. The summed E-state index contributed by atoms with van der Waals surface area (Å²) in [5, 5.41) is 7.07. The zero-order valence-corrected chi connectivity index (χ0v) is 13.6. The van der Waals surface area contributed by atoms with Gasteiger partial charge in [-0.3, -0.25) is 13.9 Å². The Bertz CT molecular complexity index is 1140. The molecule has 0 aliphatic carbocycles. The number of pyridine rings is 1. The fourth-order valence-electron chi connectivity index (χ4n) is 3.34. The summed E-state index contributed by atoms with van der Waals surface area (Å²) in [5.74, 6) is 0.000745. The van der Waals surface area contributed by atoms with E-state index in [1.54, 1.807) is 4.68 Å². The molecule has 4 heterocycles. The van der Waals surface area contributed by atoms with Crippen LogP contribution in [0.15, 0.2) is 55.1 Å². The van der Waals surface area contributed by atoms with Crippen molar-refractivity contribution in [3.8, 4) is 22.4 Å². The number of hydrogen-bond acceptors (Lipinski definition) is 3. The van der Waals surface area contributed by atoms with Crippen LogP contribution in [0.2, 0.25) is 0 Å². The third kappa shape index (κ3) is 2.15. The molecule has 5 rings (SSSR count). The number of amides is 1. The summed E-state index contributed by atoms with van der Waals surface area (Å²) >= 11 is 0. The maximum Gasteiger partial charge on any atom is 0.251 e. The summed E-state index contributed by atoms with van der Waals surface area (Å²) in [7, 11) is 1.91. The van der Waals surface area contributed by atoms with Gasteiger partial charge in [0.05, 0.1) is 18.1 Å². The van der Waals surface area contributed by atoms with Crippen LogP contribution in [0.1, 0.15) is 15.9 Å². The number of aromatic nitrogens is 4. The minimum atomic E-state index is 0.000745. The molecule has 6 heteroatoms. The van der Waals surface area contributed by atoms with Gasteiger partial charge in [0.25, 0.3) is 5.91 Å². The molecule has 0 unspecified atom stereocenters. The molecule has 25 heavy (non-hydrogen) atoms. The molecule has 6 nitrogen and oxygen atoms in total. The standard InChI is InChI=1S/C19H15N5O/c1-23-11-15(9-22-23)12-4-5-24-17(10-20-18(24)7-12)13-2-3-16-14(6-13)8-21-19(16)25/h2-7,9-11H,8H2,1H3,(H,21,25). The minimum Gasteiger partial charge on any atom is -0.348 e. The van der Waals surface area contributed by atoms with Crippen LogP contribution >= 0.6 is 0 Å². The van der Waals surface area contributed by atoms with Crippen LogP contribution in [0.25, 0.3) is 28.0 Å². The van der Waals surface area contributed by atoms with Crippen molar-refractivity contribution < 1.29 is 4.79 Å². The Hall–Kier alpha value is -3.41. The predicted molar refractivity (Wildman–Crippen MR) is 94.0 cm³/mol. The third-order valence-electron chi connectivity index (χ3n) is 4.64. The van der Waals surface area contributed by atoms with Gasteiger partial charge in [0.15, 0.2) is 0 Å². The molecule has 0 atom stereocenters.